The van der Waals surface area contributed by atoms with E-state index in [0.717, 1.165) is 71.1 Å². The van der Waals surface area contributed by atoms with Crippen molar-refractivity contribution < 1.29 is 14.6 Å². The molecular weight excluding hydrogens is 557 g/mol. The van der Waals surface area contributed by atoms with Crippen LogP contribution in [0.1, 0.15) is 27.9 Å². The number of fused-ring (bicyclic) bond motifs is 1. The first-order valence-electron chi connectivity index (χ1n) is 13.5. The number of nitrogens with zero attached hydrogens (tertiary/aromatic N) is 3. The van der Waals surface area contributed by atoms with E-state index in [1.807, 2.05) is 41.2 Å². The van der Waals surface area contributed by atoms with Gasteiger partial charge in [0.25, 0.3) is 0 Å². The van der Waals surface area contributed by atoms with E-state index < -0.39 is 0 Å². The Hall–Kier alpha value is -3.68. The summed E-state index contributed by atoms with van der Waals surface area (Å²) in [4.78, 5) is 13.6. The van der Waals surface area contributed by atoms with Gasteiger partial charge in [0, 0.05) is 41.2 Å². The van der Waals surface area contributed by atoms with Gasteiger partial charge in [0.2, 0.25) is 0 Å². The Bertz CT molecular complexity index is 1730. The fourth-order valence-electron chi connectivity index (χ4n) is 5.59. The number of aromatic nitrogens is 2. The largest absolute Gasteiger partial charge is 0.496 e. The van der Waals surface area contributed by atoms with Crippen LogP contribution in [0.4, 0.5) is 0 Å². The molecule has 0 spiro atoms. The van der Waals surface area contributed by atoms with Gasteiger partial charge in [-0.3, -0.25) is 14.4 Å². The van der Waals surface area contributed by atoms with Gasteiger partial charge < -0.3 is 9.84 Å². The Morgan fingerprint density at radius 1 is 1.00 bits per heavy atom. The van der Waals surface area contributed by atoms with Crippen molar-refractivity contribution in [2.75, 3.05) is 20.2 Å². The summed E-state index contributed by atoms with van der Waals surface area (Å²) in [6.45, 7) is 2.89. The predicted octanol–water partition coefficient (Wildman–Crippen LogP) is 7.11. The lowest BCUT2D eigenvalue weighted by atomic mass is 9.96. The van der Waals surface area contributed by atoms with Crippen LogP contribution < -0.4 is 4.74 Å². The second kappa shape index (κ2) is 11.7. The molecule has 1 fully saturated rings. The maximum atomic E-state index is 11.4. The number of aliphatic hydroxyl groups excluding tert-OH is 1. The third-order valence-corrected chi connectivity index (χ3v) is 8.50. The van der Waals surface area contributed by atoms with Crippen LogP contribution in [0, 0.1) is 0 Å². The van der Waals surface area contributed by atoms with Gasteiger partial charge in [-0.05, 0) is 46.9 Å². The number of aliphatic hydroxyl groups is 1. The molecule has 0 saturated carbocycles. The molecule has 6 nitrogen and oxygen atoms in total. The van der Waals surface area contributed by atoms with Gasteiger partial charge in [-0.25, -0.2) is 0 Å². The zero-order valence-electron chi connectivity index (χ0n) is 22.6. The summed E-state index contributed by atoms with van der Waals surface area (Å²) < 4.78 is 7.26. The molecule has 0 radical (unpaired) electrons. The molecule has 1 aromatic heterocycles. The minimum Gasteiger partial charge on any atom is -0.496 e. The number of carbonyl (C=O) groups excluding carboxylic acids is 1. The van der Waals surface area contributed by atoms with Gasteiger partial charge in [0.15, 0.2) is 6.29 Å². The average Bonchev–Trinajstić information content (AvgIpc) is 3.60. The predicted molar refractivity (Wildman–Crippen MR) is 164 cm³/mol. The molecule has 8 heteroatoms. The van der Waals surface area contributed by atoms with Gasteiger partial charge in [-0.15, -0.1) is 0 Å². The van der Waals surface area contributed by atoms with Crippen LogP contribution in [0.2, 0.25) is 10.0 Å². The van der Waals surface area contributed by atoms with Crippen LogP contribution in [0.3, 0.4) is 0 Å². The van der Waals surface area contributed by atoms with Crippen LogP contribution in [0.25, 0.3) is 33.2 Å². The number of aldehydes is 1. The molecule has 1 atom stereocenters. The molecule has 0 aliphatic carbocycles. The molecule has 2 heterocycles. The lowest BCUT2D eigenvalue weighted by molar-refractivity contribution is 0.112. The number of halogens is 2. The second-order valence-electron chi connectivity index (χ2n) is 10.4. The van der Waals surface area contributed by atoms with Gasteiger partial charge in [0.1, 0.15) is 5.75 Å². The maximum absolute atomic E-state index is 11.4. The molecule has 4 aromatic carbocycles. The molecule has 0 unspecified atom stereocenters. The number of hydrogen-bond acceptors (Lipinski definition) is 5. The first kappa shape index (κ1) is 27.5. The van der Waals surface area contributed by atoms with Crippen molar-refractivity contribution in [2.24, 2.45) is 0 Å². The van der Waals surface area contributed by atoms with E-state index in [1.54, 1.807) is 12.1 Å². The molecular formula is C33H29Cl2N3O3. The number of β-amino-alcohol motifs (C(OH)–C–C–N with tert-alkyl or cyclic N) is 1. The van der Waals surface area contributed by atoms with Crippen molar-refractivity contribution in [2.45, 2.75) is 25.6 Å². The number of likely N-dealkylation sites (tertiary alicyclic amines) is 1. The summed E-state index contributed by atoms with van der Waals surface area (Å²) >= 11 is 13.6. The van der Waals surface area contributed by atoms with Crippen molar-refractivity contribution in [3.05, 3.63) is 106 Å². The van der Waals surface area contributed by atoms with Crippen LogP contribution >= 0.6 is 23.2 Å². The molecule has 0 bridgehead atoms. The SMILES string of the molecule is COc1cc(Cn2ncc3c(-c4cccc(-c5ccc(CN6CC[C@H](O)C6)cc5)c4Cl)cccc32)c(Cl)cc1C=O. The summed E-state index contributed by atoms with van der Waals surface area (Å²) in [5.41, 5.74) is 7.29. The highest BCUT2D eigenvalue weighted by Crippen LogP contribution is 2.39. The third-order valence-electron chi connectivity index (χ3n) is 7.74. The summed E-state index contributed by atoms with van der Waals surface area (Å²) in [6.07, 6.45) is 3.20. The van der Waals surface area contributed by atoms with Crippen molar-refractivity contribution >= 4 is 40.4 Å². The zero-order valence-corrected chi connectivity index (χ0v) is 24.1. The van der Waals surface area contributed by atoms with Crippen molar-refractivity contribution in [3.63, 3.8) is 0 Å². The number of hydrogen-bond donors (Lipinski definition) is 1. The van der Waals surface area contributed by atoms with Crippen LogP contribution in [0.5, 0.6) is 5.75 Å². The lowest BCUT2D eigenvalue weighted by Gasteiger charge is -2.16. The van der Waals surface area contributed by atoms with E-state index in [-0.39, 0.29) is 6.10 Å². The third kappa shape index (κ3) is 5.48. The molecule has 5 aromatic rings. The van der Waals surface area contributed by atoms with E-state index in [0.29, 0.717) is 27.9 Å². The fraction of sp³-hybridized carbons (Fsp3) is 0.212. The first-order chi connectivity index (χ1) is 19.9. The smallest absolute Gasteiger partial charge is 0.153 e. The molecule has 1 aliphatic rings. The molecule has 1 N–H and O–H groups in total. The lowest BCUT2D eigenvalue weighted by Crippen LogP contribution is -2.21. The molecule has 208 valence electrons. The number of rotatable bonds is 8. The first-order valence-corrected chi connectivity index (χ1v) is 14.3. The van der Waals surface area contributed by atoms with Gasteiger partial charge in [-0.2, -0.15) is 5.10 Å². The van der Waals surface area contributed by atoms with Crippen molar-refractivity contribution in [1.82, 2.24) is 14.7 Å². The summed E-state index contributed by atoms with van der Waals surface area (Å²) in [6, 6.07) is 24.1. The van der Waals surface area contributed by atoms with Crippen LogP contribution in [-0.4, -0.2) is 52.4 Å². The minimum atomic E-state index is -0.219. The Labute approximate surface area is 248 Å². The van der Waals surface area contributed by atoms with Crippen molar-refractivity contribution in [1.29, 1.82) is 0 Å². The fourth-order valence-corrected chi connectivity index (χ4v) is 6.16. The number of methoxy groups -OCH3 is 1. The molecule has 0 amide bonds. The topological polar surface area (TPSA) is 67.6 Å². The van der Waals surface area contributed by atoms with E-state index in [4.69, 9.17) is 27.9 Å². The monoisotopic (exact) mass is 585 g/mol. The number of benzene rings is 4. The Morgan fingerprint density at radius 3 is 2.49 bits per heavy atom. The summed E-state index contributed by atoms with van der Waals surface area (Å²) in [5.74, 6) is 0.475. The Morgan fingerprint density at radius 2 is 1.76 bits per heavy atom. The van der Waals surface area contributed by atoms with Gasteiger partial charge in [0.05, 0.1) is 42.1 Å². The standard InChI is InChI=1S/C33H29Cl2N3O3/c1-41-32-15-23(30(34)14-24(32)20-39)18-38-31-7-3-5-27(29(31)16-36-38)28-6-2-4-26(33(28)35)22-10-8-21(9-11-22)17-37-13-12-25(40)19-37/h2-11,14-16,20,25,40H,12-13,17-19H2,1H3/t25-/m0/s1. The summed E-state index contributed by atoms with van der Waals surface area (Å²) in [5, 5.41) is 16.6. The quantitative estimate of drug-likeness (QED) is 0.196. The highest BCUT2D eigenvalue weighted by atomic mass is 35.5. The van der Waals surface area contributed by atoms with E-state index in [2.05, 4.69) is 40.3 Å². The Balaban J connectivity index is 1.30. The van der Waals surface area contributed by atoms with E-state index >= 15 is 0 Å². The summed E-state index contributed by atoms with van der Waals surface area (Å²) in [7, 11) is 1.53. The number of carbonyl (C=O) groups is 1. The van der Waals surface area contributed by atoms with E-state index in [1.165, 1.54) is 12.7 Å². The normalized spacial score (nSPS) is 15.5. The molecule has 1 saturated heterocycles. The second-order valence-corrected chi connectivity index (χ2v) is 11.2. The van der Waals surface area contributed by atoms with Crippen LogP contribution in [0.15, 0.2) is 79.0 Å². The number of ether oxygens (including phenoxy) is 1. The highest BCUT2D eigenvalue weighted by Gasteiger charge is 2.20. The molecule has 1 aliphatic heterocycles. The molecule has 41 heavy (non-hydrogen) atoms. The Kier molecular flexibility index (Phi) is 7.82. The maximum Gasteiger partial charge on any atom is 0.153 e. The molecule has 6 rings (SSSR count). The average molecular weight is 587 g/mol. The van der Waals surface area contributed by atoms with E-state index in [9.17, 15) is 9.90 Å². The zero-order chi connectivity index (χ0) is 28.5. The van der Waals surface area contributed by atoms with Gasteiger partial charge in [-0.1, -0.05) is 77.8 Å². The minimum absolute atomic E-state index is 0.219. The van der Waals surface area contributed by atoms with Crippen molar-refractivity contribution in [3.8, 4) is 28.0 Å². The van der Waals surface area contributed by atoms with Gasteiger partial charge >= 0.3 is 0 Å². The highest BCUT2D eigenvalue weighted by molar-refractivity contribution is 6.36. The van der Waals surface area contributed by atoms with Crippen LogP contribution in [-0.2, 0) is 13.1 Å².